The maximum Gasteiger partial charge on any atom is 0.137 e. The van der Waals surface area contributed by atoms with Gasteiger partial charge in [0.05, 0.1) is 6.04 Å². The summed E-state index contributed by atoms with van der Waals surface area (Å²) >= 11 is 6.09. The summed E-state index contributed by atoms with van der Waals surface area (Å²) in [4.78, 5) is 11.9. The lowest BCUT2D eigenvalue weighted by Crippen LogP contribution is -2.47. The highest BCUT2D eigenvalue weighted by Crippen LogP contribution is 2.37. The molecule has 2 aliphatic heterocycles. The van der Waals surface area contributed by atoms with E-state index in [1.807, 2.05) is 55.6 Å². The molecule has 0 radical (unpaired) electrons. The number of nitrogens with one attached hydrogen (secondary N) is 2. The number of hydrogen-bond acceptors (Lipinski definition) is 6. The predicted molar refractivity (Wildman–Crippen MR) is 136 cm³/mol. The van der Waals surface area contributed by atoms with Crippen LogP contribution in [0, 0.1) is 6.92 Å². The van der Waals surface area contributed by atoms with Gasteiger partial charge in [-0.1, -0.05) is 23.7 Å². The molecule has 5 rings (SSSR count). The van der Waals surface area contributed by atoms with Crippen molar-refractivity contribution in [3.05, 3.63) is 71.1 Å². The van der Waals surface area contributed by atoms with Crippen LogP contribution in [0.3, 0.4) is 0 Å². The zero-order valence-corrected chi connectivity index (χ0v) is 20.2. The molecule has 1 saturated heterocycles. The number of anilines is 2. The van der Waals surface area contributed by atoms with E-state index < -0.39 is 0 Å². The quantitative estimate of drug-likeness (QED) is 0.478. The number of fused-ring (bicyclic) bond motifs is 1. The Morgan fingerprint density at radius 1 is 1.06 bits per heavy atom. The van der Waals surface area contributed by atoms with E-state index in [0.29, 0.717) is 11.1 Å². The molecule has 0 spiro atoms. The molecule has 0 saturated carbocycles. The number of aromatic nitrogens is 2. The SMILES string of the molecule is Cc1ncc2c(n1)N(C1CCNCC1)CCC2Nc1cccc(Oc2cccc(Cl)c2)c1.Cl. The van der Waals surface area contributed by atoms with Crippen LogP contribution in [-0.4, -0.2) is 35.6 Å². The molecule has 174 valence electrons. The number of benzene rings is 2. The van der Waals surface area contributed by atoms with Crippen LogP contribution in [0.4, 0.5) is 11.5 Å². The van der Waals surface area contributed by atoms with E-state index in [4.69, 9.17) is 21.3 Å². The Kier molecular flexibility index (Phi) is 7.58. The molecule has 2 N–H and O–H groups in total. The number of ether oxygens (including phenoxy) is 1. The Balaban J connectivity index is 0.00000259. The van der Waals surface area contributed by atoms with Gasteiger partial charge in [0.1, 0.15) is 23.1 Å². The highest BCUT2D eigenvalue weighted by atomic mass is 35.5. The van der Waals surface area contributed by atoms with Gasteiger partial charge in [-0.05, 0) is 69.6 Å². The number of aryl methyl sites for hydroxylation is 1. The van der Waals surface area contributed by atoms with Crippen LogP contribution < -0.4 is 20.3 Å². The molecule has 0 aliphatic carbocycles. The molecular formula is C25H29Cl2N5O. The second-order valence-electron chi connectivity index (χ2n) is 8.44. The van der Waals surface area contributed by atoms with Crippen molar-refractivity contribution >= 4 is 35.5 Å². The average Bonchev–Trinajstić information content (AvgIpc) is 2.80. The first-order valence-electron chi connectivity index (χ1n) is 11.3. The standard InChI is InChI=1S/C25H28ClN5O.ClH/c1-17-28-16-23-24(10-13-31(25(23)29-17)20-8-11-27-12-9-20)30-19-5-3-7-22(15-19)32-21-6-2-4-18(26)14-21;/h2-7,14-16,20,24,27,30H,8-13H2,1H3;1H. The van der Waals surface area contributed by atoms with E-state index in [0.717, 1.165) is 67.7 Å². The van der Waals surface area contributed by atoms with Gasteiger partial charge < -0.3 is 20.3 Å². The highest BCUT2D eigenvalue weighted by molar-refractivity contribution is 6.30. The van der Waals surface area contributed by atoms with E-state index in [1.54, 1.807) is 0 Å². The number of rotatable bonds is 5. The van der Waals surface area contributed by atoms with Gasteiger partial charge in [0.15, 0.2) is 0 Å². The lowest BCUT2D eigenvalue weighted by Gasteiger charge is -2.41. The summed E-state index contributed by atoms with van der Waals surface area (Å²) < 4.78 is 6.01. The number of halogens is 2. The fourth-order valence-corrected chi connectivity index (χ4v) is 4.79. The lowest BCUT2D eigenvalue weighted by molar-refractivity contribution is 0.413. The number of nitrogens with zero attached hydrogens (tertiary/aromatic N) is 3. The molecule has 0 amide bonds. The second kappa shape index (κ2) is 10.6. The van der Waals surface area contributed by atoms with Gasteiger partial charge in [0, 0.05) is 41.1 Å². The molecule has 0 bridgehead atoms. The maximum absolute atomic E-state index is 6.09. The maximum atomic E-state index is 6.09. The van der Waals surface area contributed by atoms with Crippen molar-refractivity contribution < 1.29 is 4.74 Å². The normalized spacial score (nSPS) is 18.2. The topological polar surface area (TPSA) is 62.3 Å². The first-order chi connectivity index (χ1) is 15.7. The first kappa shape index (κ1) is 23.6. The fraction of sp³-hybridized carbons (Fsp3) is 0.360. The zero-order valence-electron chi connectivity index (χ0n) is 18.6. The van der Waals surface area contributed by atoms with E-state index >= 15 is 0 Å². The predicted octanol–water partition coefficient (Wildman–Crippen LogP) is 5.77. The van der Waals surface area contributed by atoms with Crippen molar-refractivity contribution in [2.24, 2.45) is 0 Å². The third-order valence-electron chi connectivity index (χ3n) is 6.18. The monoisotopic (exact) mass is 485 g/mol. The molecule has 1 atom stereocenters. The molecule has 1 unspecified atom stereocenters. The van der Waals surface area contributed by atoms with Gasteiger partial charge in [-0.2, -0.15) is 0 Å². The average molecular weight is 486 g/mol. The van der Waals surface area contributed by atoms with Crippen molar-refractivity contribution in [3.63, 3.8) is 0 Å². The van der Waals surface area contributed by atoms with Crippen LogP contribution in [0.15, 0.2) is 54.7 Å². The summed E-state index contributed by atoms with van der Waals surface area (Å²) in [6.07, 6.45) is 5.31. The molecule has 3 aromatic rings. The molecule has 2 aliphatic rings. The molecule has 6 nitrogen and oxygen atoms in total. The minimum atomic E-state index is 0. The molecular weight excluding hydrogens is 457 g/mol. The third kappa shape index (κ3) is 5.52. The Hall–Kier alpha value is -2.54. The van der Waals surface area contributed by atoms with E-state index in [2.05, 4.69) is 26.6 Å². The molecule has 1 aromatic heterocycles. The molecule has 33 heavy (non-hydrogen) atoms. The zero-order chi connectivity index (χ0) is 21.9. The molecule has 3 heterocycles. The number of hydrogen-bond donors (Lipinski definition) is 2. The van der Waals surface area contributed by atoms with Crippen molar-refractivity contribution in [1.82, 2.24) is 15.3 Å². The summed E-state index contributed by atoms with van der Waals surface area (Å²) in [6, 6.07) is 16.2. The highest BCUT2D eigenvalue weighted by Gasteiger charge is 2.31. The van der Waals surface area contributed by atoms with Gasteiger partial charge in [-0.25, -0.2) is 9.97 Å². The van der Waals surface area contributed by atoms with Crippen LogP contribution in [0.5, 0.6) is 11.5 Å². The van der Waals surface area contributed by atoms with Gasteiger partial charge in [-0.3, -0.25) is 0 Å². The molecule has 8 heteroatoms. The summed E-state index contributed by atoms with van der Waals surface area (Å²) in [5.41, 5.74) is 2.18. The second-order valence-corrected chi connectivity index (χ2v) is 8.88. The van der Waals surface area contributed by atoms with Gasteiger partial charge in [0.25, 0.3) is 0 Å². The van der Waals surface area contributed by atoms with Gasteiger partial charge >= 0.3 is 0 Å². The van der Waals surface area contributed by atoms with Crippen molar-refractivity contribution in [3.8, 4) is 11.5 Å². The Bertz CT molecular complexity index is 1090. The van der Waals surface area contributed by atoms with E-state index in [1.165, 1.54) is 5.56 Å². The minimum absolute atomic E-state index is 0. The Morgan fingerprint density at radius 3 is 2.61 bits per heavy atom. The van der Waals surface area contributed by atoms with Gasteiger partial charge in [-0.15, -0.1) is 12.4 Å². The van der Waals surface area contributed by atoms with E-state index in [9.17, 15) is 0 Å². The largest absolute Gasteiger partial charge is 0.457 e. The number of piperidine rings is 1. The Morgan fingerprint density at radius 2 is 1.82 bits per heavy atom. The van der Waals surface area contributed by atoms with Crippen LogP contribution in [0.1, 0.15) is 36.7 Å². The summed E-state index contributed by atoms with van der Waals surface area (Å²) in [5, 5.41) is 7.81. The van der Waals surface area contributed by atoms with Crippen LogP contribution in [0.25, 0.3) is 0 Å². The first-order valence-corrected chi connectivity index (χ1v) is 11.6. The summed E-state index contributed by atoms with van der Waals surface area (Å²) in [6.45, 7) is 5.10. The Labute approximate surface area is 206 Å². The lowest BCUT2D eigenvalue weighted by atomic mass is 9.96. The smallest absolute Gasteiger partial charge is 0.137 e. The van der Waals surface area contributed by atoms with Gasteiger partial charge in [0.2, 0.25) is 0 Å². The van der Waals surface area contributed by atoms with Crippen molar-refractivity contribution in [2.45, 2.75) is 38.3 Å². The minimum Gasteiger partial charge on any atom is -0.457 e. The molecule has 1 fully saturated rings. The van der Waals surface area contributed by atoms with Crippen LogP contribution in [-0.2, 0) is 0 Å². The van der Waals surface area contributed by atoms with E-state index in [-0.39, 0.29) is 18.4 Å². The fourth-order valence-electron chi connectivity index (χ4n) is 4.61. The van der Waals surface area contributed by atoms with Crippen LogP contribution >= 0.6 is 24.0 Å². The van der Waals surface area contributed by atoms with Crippen molar-refractivity contribution in [1.29, 1.82) is 0 Å². The third-order valence-corrected chi connectivity index (χ3v) is 6.41. The summed E-state index contributed by atoms with van der Waals surface area (Å²) in [5.74, 6) is 3.39. The summed E-state index contributed by atoms with van der Waals surface area (Å²) in [7, 11) is 0. The van der Waals surface area contributed by atoms with Crippen LogP contribution in [0.2, 0.25) is 5.02 Å². The molecule has 2 aromatic carbocycles. The van der Waals surface area contributed by atoms with Crippen molar-refractivity contribution in [2.75, 3.05) is 29.9 Å².